The molecule has 46 heavy (non-hydrogen) atoms. The molecule has 2 spiro atoms. The Bertz CT molecular complexity index is 1790. The van der Waals surface area contributed by atoms with Crippen LogP contribution in [0.5, 0.6) is 5.75 Å². The van der Waals surface area contributed by atoms with Crippen molar-refractivity contribution < 1.29 is 29.3 Å². The van der Waals surface area contributed by atoms with Gasteiger partial charge in [0.25, 0.3) is 0 Å². The van der Waals surface area contributed by atoms with E-state index in [-0.39, 0.29) is 18.5 Å². The lowest BCUT2D eigenvalue weighted by molar-refractivity contribution is -0.159. The summed E-state index contributed by atoms with van der Waals surface area (Å²) in [5.41, 5.74) is 8.02. The average molecular weight is 658 g/mol. The number of fused-ring (bicyclic) bond motifs is 4. The van der Waals surface area contributed by atoms with Gasteiger partial charge in [0.15, 0.2) is 0 Å². The third kappa shape index (κ3) is 4.70. The molecule has 2 saturated heterocycles. The number of likely N-dealkylation sites (tertiary alicyclic amines) is 2. The Morgan fingerprint density at radius 2 is 1.26 bits per heavy atom. The number of aliphatic carboxylic acids is 2. The smallest absolute Gasteiger partial charge is 0.317 e. The Kier molecular flexibility index (Phi) is 6.94. The molecule has 8 rings (SSSR count). The van der Waals surface area contributed by atoms with Gasteiger partial charge in [0, 0.05) is 54.0 Å². The van der Waals surface area contributed by atoms with Crippen LogP contribution in [0.15, 0.2) is 72.8 Å². The van der Waals surface area contributed by atoms with E-state index in [4.69, 9.17) is 42.9 Å². The van der Waals surface area contributed by atoms with Gasteiger partial charge in [-0.3, -0.25) is 19.4 Å². The molecule has 4 heterocycles. The SMILES string of the molecule is O=C(O)CN1CC2(COc3cc(-c4cccc(-c5cccc(-c6ccc7c(c6)COC76CN(CC(=O)O)C6)c5Cl)c4Cl)ccc32)C1. The van der Waals surface area contributed by atoms with E-state index in [9.17, 15) is 9.59 Å². The van der Waals surface area contributed by atoms with Crippen molar-refractivity contribution in [1.82, 2.24) is 9.80 Å². The molecule has 0 saturated carbocycles. The summed E-state index contributed by atoms with van der Waals surface area (Å²) < 4.78 is 12.3. The minimum absolute atomic E-state index is 0.0146. The monoisotopic (exact) mass is 656 g/mol. The van der Waals surface area contributed by atoms with Crippen molar-refractivity contribution >= 4 is 35.1 Å². The molecule has 0 radical (unpaired) electrons. The first kappa shape index (κ1) is 29.5. The molecule has 4 aromatic rings. The fourth-order valence-electron chi connectivity index (χ4n) is 7.70. The number of carboxylic acids is 2. The van der Waals surface area contributed by atoms with E-state index in [1.165, 1.54) is 0 Å². The molecule has 0 unspecified atom stereocenters. The second kappa shape index (κ2) is 10.8. The zero-order valence-electron chi connectivity index (χ0n) is 24.8. The molecular weight excluding hydrogens is 627 g/mol. The molecule has 4 aliphatic rings. The van der Waals surface area contributed by atoms with Crippen LogP contribution in [0.3, 0.4) is 0 Å². The quantitative estimate of drug-likeness (QED) is 0.244. The Morgan fingerprint density at radius 1 is 0.717 bits per heavy atom. The first-order valence-electron chi connectivity index (χ1n) is 15.2. The molecule has 8 nitrogen and oxygen atoms in total. The van der Waals surface area contributed by atoms with Crippen LogP contribution in [0.1, 0.15) is 16.7 Å². The predicted molar refractivity (Wildman–Crippen MR) is 175 cm³/mol. The number of rotatable bonds is 7. The van der Waals surface area contributed by atoms with Crippen LogP contribution in [0, 0.1) is 0 Å². The summed E-state index contributed by atoms with van der Waals surface area (Å²) in [7, 11) is 0. The van der Waals surface area contributed by atoms with Gasteiger partial charge in [-0.15, -0.1) is 0 Å². The number of halogens is 2. The van der Waals surface area contributed by atoms with Crippen LogP contribution in [-0.4, -0.2) is 77.8 Å². The van der Waals surface area contributed by atoms with Crippen molar-refractivity contribution in [2.75, 3.05) is 45.9 Å². The van der Waals surface area contributed by atoms with Crippen molar-refractivity contribution in [2.24, 2.45) is 0 Å². The molecule has 10 heteroatoms. The van der Waals surface area contributed by atoms with Gasteiger partial charge in [-0.05, 0) is 34.4 Å². The zero-order valence-corrected chi connectivity index (χ0v) is 26.3. The Hall–Kier alpha value is -3.92. The van der Waals surface area contributed by atoms with Crippen LogP contribution >= 0.6 is 23.2 Å². The third-order valence-corrected chi connectivity index (χ3v) is 10.6. The highest BCUT2D eigenvalue weighted by atomic mass is 35.5. The number of benzene rings is 4. The van der Waals surface area contributed by atoms with Gasteiger partial charge >= 0.3 is 11.9 Å². The molecule has 0 amide bonds. The van der Waals surface area contributed by atoms with Crippen LogP contribution in [-0.2, 0) is 31.9 Å². The Labute approximate surface area is 275 Å². The maximum Gasteiger partial charge on any atom is 0.317 e. The summed E-state index contributed by atoms with van der Waals surface area (Å²) >= 11 is 14.2. The maximum atomic E-state index is 11.1. The molecule has 0 aromatic heterocycles. The summed E-state index contributed by atoms with van der Waals surface area (Å²) in [4.78, 5) is 26.0. The van der Waals surface area contributed by atoms with E-state index < -0.39 is 17.5 Å². The van der Waals surface area contributed by atoms with Gasteiger partial charge in [0.2, 0.25) is 0 Å². The highest BCUT2D eigenvalue weighted by Gasteiger charge is 2.51. The molecule has 4 aromatic carbocycles. The number of hydrogen-bond acceptors (Lipinski definition) is 6. The van der Waals surface area contributed by atoms with Gasteiger partial charge in [0.1, 0.15) is 18.0 Å². The van der Waals surface area contributed by atoms with E-state index in [1.54, 1.807) is 0 Å². The topological polar surface area (TPSA) is 99.5 Å². The second-order valence-corrected chi connectivity index (χ2v) is 13.6. The molecule has 2 N–H and O–H groups in total. The van der Waals surface area contributed by atoms with Gasteiger partial charge < -0.3 is 19.7 Å². The van der Waals surface area contributed by atoms with E-state index in [2.05, 4.69) is 30.3 Å². The number of hydrogen-bond donors (Lipinski definition) is 2. The zero-order chi connectivity index (χ0) is 31.8. The molecular formula is C36H30Cl2N2O6. The minimum atomic E-state index is -0.834. The fraction of sp³-hybridized carbons (Fsp3) is 0.278. The lowest BCUT2D eigenvalue weighted by Gasteiger charge is -2.46. The maximum absolute atomic E-state index is 11.1. The van der Waals surface area contributed by atoms with Crippen molar-refractivity contribution in [1.29, 1.82) is 0 Å². The van der Waals surface area contributed by atoms with Gasteiger partial charge in [-0.1, -0.05) is 83.9 Å². The summed E-state index contributed by atoms with van der Waals surface area (Å²) in [5.74, 6) is -0.840. The summed E-state index contributed by atoms with van der Waals surface area (Å²) in [6.45, 7) is 3.54. The first-order valence-corrected chi connectivity index (χ1v) is 15.9. The van der Waals surface area contributed by atoms with Crippen LogP contribution in [0.2, 0.25) is 10.0 Å². The average Bonchev–Trinajstić information content (AvgIpc) is 3.56. The Balaban J connectivity index is 1.07. The highest BCUT2D eigenvalue weighted by Crippen LogP contribution is 2.49. The fourth-order valence-corrected chi connectivity index (χ4v) is 8.37. The lowest BCUT2D eigenvalue weighted by atomic mass is 9.75. The van der Waals surface area contributed by atoms with E-state index in [0.29, 0.717) is 49.4 Å². The van der Waals surface area contributed by atoms with Crippen molar-refractivity contribution in [2.45, 2.75) is 17.6 Å². The predicted octanol–water partition coefficient (Wildman–Crippen LogP) is 6.15. The molecule has 2 fully saturated rings. The van der Waals surface area contributed by atoms with Crippen molar-refractivity contribution in [3.8, 4) is 39.1 Å². The summed E-state index contributed by atoms with van der Waals surface area (Å²) in [5, 5.41) is 19.4. The second-order valence-electron chi connectivity index (χ2n) is 12.8. The molecule has 0 aliphatic carbocycles. The van der Waals surface area contributed by atoms with Crippen LogP contribution in [0.4, 0.5) is 0 Å². The van der Waals surface area contributed by atoms with Gasteiger partial charge in [-0.2, -0.15) is 0 Å². The Morgan fingerprint density at radius 3 is 1.87 bits per heavy atom. The standard InChI is InChI=1S/C36H30Cl2N2O6/c37-33-24(21-7-9-28-23(11-21)15-46-36(28)18-40(19-36)14-32(43)44)3-1-5-26(33)27-6-2-4-25(34(27)38)22-8-10-29-30(12-22)45-20-35(29)16-39(17-35)13-31(41)42/h1-12H,13-20H2,(H,41,42)(H,43,44). The largest absolute Gasteiger partial charge is 0.492 e. The van der Waals surface area contributed by atoms with Crippen molar-refractivity contribution in [3.05, 3.63) is 99.5 Å². The normalized spacial score (nSPS) is 18.9. The highest BCUT2D eigenvalue weighted by molar-refractivity contribution is 6.39. The lowest BCUT2D eigenvalue weighted by Crippen LogP contribution is -2.61. The number of nitrogens with zero attached hydrogens (tertiary/aromatic N) is 2. The molecule has 0 bridgehead atoms. The number of carbonyl (C=O) groups is 2. The van der Waals surface area contributed by atoms with Gasteiger partial charge in [0.05, 0.1) is 35.2 Å². The minimum Gasteiger partial charge on any atom is -0.492 e. The first-order chi connectivity index (χ1) is 22.1. The third-order valence-electron chi connectivity index (χ3n) is 9.79. The number of carboxylic acid groups (broad SMARTS) is 2. The molecule has 4 aliphatic heterocycles. The van der Waals surface area contributed by atoms with E-state index in [0.717, 1.165) is 55.8 Å². The molecule has 0 atom stereocenters. The summed E-state index contributed by atoms with van der Waals surface area (Å²) in [6.07, 6.45) is 0. The molecule has 234 valence electrons. The van der Waals surface area contributed by atoms with Crippen molar-refractivity contribution in [3.63, 3.8) is 0 Å². The van der Waals surface area contributed by atoms with Gasteiger partial charge in [-0.25, -0.2) is 0 Å². The summed E-state index contributed by atoms with van der Waals surface area (Å²) in [6, 6.07) is 24.3. The number of ether oxygens (including phenoxy) is 2. The van der Waals surface area contributed by atoms with Crippen LogP contribution in [0.25, 0.3) is 33.4 Å². The van der Waals surface area contributed by atoms with E-state index >= 15 is 0 Å². The van der Waals surface area contributed by atoms with E-state index in [1.807, 2.05) is 52.3 Å². The van der Waals surface area contributed by atoms with Crippen LogP contribution < -0.4 is 4.74 Å².